The maximum Gasteiger partial charge on any atom is 0.309 e. The highest BCUT2D eigenvalue weighted by molar-refractivity contribution is 7.89. The number of carbonyl (C=O) groups is 2. The lowest BCUT2D eigenvalue weighted by Gasteiger charge is -2.30. The molecular weight excluding hydrogens is 351 g/mol. The van der Waals surface area contributed by atoms with E-state index in [2.05, 4.69) is 4.72 Å². The zero-order valence-electron chi connectivity index (χ0n) is 13.9. The number of sulfonamides is 1. The van der Waals surface area contributed by atoms with Gasteiger partial charge in [0.15, 0.2) is 0 Å². The largest absolute Gasteiger partial charge is 0.466 e. The predicted molar refractivity (Wildman–Crippen MR) is 87.5 cm³/mol. The van der Waals surface area contributed by atoms with Gasteiger partial charge in [-0.15, -0.1) is 0 Å². The Morgan fingerprint density at radius 1 is 1.24 bits per heavy atom. The minimum Gasteiger partial charge on any atom is -0.466 e. The predicted octanol–water partition coefficient (Wildman–Crippen LogP) is 0.906. The molecule has 1 aliphatic rings. The van der Waals surface area contributed by atoms with Crippen LogP contribution in [0.3, 0.4) is 0 Å². The molecule has 0 spiro atoms. The number of benzene rings is 1. The van der Waals surface area contributed by atoms with Crippen LogP contribution in [-0.2, 0) is 24.3 Å². The molecule has 1 N–H and O–H groups in total. The first-order valence-electron chi connectivity index (χ1n) is 8.03. The standard InChI is InChI=1S/C16H21FN2O5S/c1-2-24-16(21)12-7-9-19(10-8-12)15(20)11-18-25(22,23)14-5-3-13(17)4-6-14/h3-6,12,18H,2,7-11H2,1H3. The molecule has 0 saturated carbocycles. The monoisotopic (exact) mass is 372 g/mol. The van der Waals surface area contributed by atoms with Crippen molar-refractivity contribution in [3.05, 3.63) is 30.1 Å². The van der Waals surface area contributed by atoms with E-state index in [-0.39, 0.29) is 29.2 Å². The Morgan fingerprint density at radius 3 is 2.40 bits per heavy atom. The van der Waals surface area contributed by atoms with Gasteiger partial charge in [0.1, 0.15) is 5.82 Å². The van der Waals surface area contributed by atoms with Gasteiger partial charge in [0.25, 0.3) is 0 Å². The van der Waals surface area contributed by atoms with E-state index in [4.69, 9.17) is 4.74 Å². The third-order valence-corrected chi connectivity index (χ3v) is 5.42. The molecule has 0 atom stereocenters. The molecule has 1 saturated heterocycles. The summed E-state index contributed by atoms with van der Waals surface area (Å²) in [5, 5.41) is 0. The summed E-state index contributed by atoms with van der Waals surface area (Å²) in [4.78, 5) is 25.2. The summed E-state index contributed by atoms with van der Waals surface area (Å²) in [6.45, 7) is 2.43. The van der Waals surface area contributed by atoms with E-state index in [1.165, 1.54) is 4.90 Å². The van der Waals surface area contributed by atoms with Crippen molar-refractivity contribution in [1.29, 1.82) is 0 Å². The number of halogens is 1. The number of rotatable bonds is 6. The van der Waals surface area contributed by atoms with E-state index < -0.39 is 15.8 Å². The van der Waals surface area contributed by atoms with Crippen molar-refractivity contribution >= 4 is 21.9 Å². The maximum absolute atomic E-state index is 12.9. The first kappa shape index (κ1) is 19.3. The number of piperidine rings is 1. The molecular formula is C16H21FN2O5S. The van der Waals surface area contributed by atoms with Crippen molar-refractivity contribution in [2.75, 3.05) is 26.2 Å². The lowest BCUT2D eigenvalue weighted by molar-refractivity contribution is -0.151. The Bertz CT molecular complexity index is 713. The number of nitrogens with zero attached hydrogens (tertiary/aromatic N) is 1. The SMILES string of the molecule is CCOC(=O)C1CCN(C(=O)CNS(=O)(=O)c2ccc(F)cc2)CC1. The number of ether oxygens (including phenoxy) is 1. The number of amides is 1. The quantitative estimate of drug-likeness (QED) is 0.749. The van der Waals surface area contributed by atoms with E-state index in [1.807, 2.05) is 0 Å². The number of carbonyl (C=O) groups excluding carboxylic acids is 2. The van der Waals surface area contributed by atoms with Gasteiger partial charge in [0, 0.05) is 13.1 Å². The second kappa shape index (κ2) is 8.39. The van der Waals surface area contributed by atoms with Gasteiger partial charge >= 0.3 is 5.97 Å². The Labute approximate surface area is 146 Å². The second-order valence-electron chi connectivity index (χ2n) is 5.69. The topological polar surface area (TPSA) is 92.8 Å². The maximum atomic E-state index is 12.9. The van der Waals surface area contributed by atoms with Gasteiger partial charge in [-0.25, -0.2) is 17.5 Å². The van der Waals surface area contributed by atoms with Crippen LogP contribution in [-0.4, -0.2) is 51.4 Å². The minimum atomic E-state index is -3.88. The van der Waals surface area contributed by atoms with Gasteiger partial charge < -0.3 is 9.64 Å². The highest BCUT2D eigenvalue weighted by atomic mass is 32.2. The third-order valence-electron chi connectivity index (χ3n) is 4.00. The molecule has 0 unspecified atom stereocenters. The van der Waals surface area contributed by atoms with Crippen LogP contribution in [0.2, 0.25) is 0 Å². The van der Waals surface area contributed by atoms with E-state index >= 15 is 0 Å². The highest BCUT2D eigenvalue weighted by Crippen LogP contribution is 2.18. The van der Waals surface area contributed by atoms with Gasteiger partial charge in [-0.2, -0.15) is 0 Å². The molecule has 1 aromatic carbocycles. The third kappa shape index (κ3) is 5.23. The summed E-state index contributed by atoms with van der Waals surface area (Å²) in [7, 11) is -3.88. The van der Waals surface area contributed by atoms with Crippen LogP contribution in [0.25, 0.3) is 0 Å². The first-order chi connectivity index (χ1) is 11.8. The van der Waals surface area contributed by atoms with Crippen molar-refractivity contribution < 1.29 is 27.1 Å². The summed E-state index contributed by atoms with van der Waals surface area (Å²) < 4.78 is 44.2. The number of nitrogens with one attached hydrogen (secondary N) is 1. The van der Waals surface area contributed by atoms with Crippen molar-refractivity contribution in [3.63, 3.8) is 0 Å². The van der Waals surface area contributed by atoms with Crippen molar-refractivity contribution in [1.82, 2.24) is 9.62 Å². The average molecular weight is 372 g/mol. The summed E-state index contributed by atoms with van der Waals surface area (Å²) in [5.41, 5.74) is 0. The lowest BCUT2D eigenvalue weighted by atomic mass is 9.97. The van der Waals surface area contributed by atoms with Gasteiger partial charge in [0.2, 0.25) is 15.9 Å². The van der Waals surface area contributed by atoms with Crippen LogP contribution in [0.4, 0.5) is 4.39 Å². The van der Waals surface area contributed by atoms with Gasteiger partial charge in [-0.05, 0) is 44.0 Å². The molecule has 1 fully saturated rings. The van der Waals surface area contributed by atoms with Crippen molar-refractivity contribution in [2.24, 2.45) is 5.92 Å². The molecule has 0 radical (unpaired) electrons. The molecule has 1 amide bonds. The summed E-state index contributed by atoms with van der Waals surface area (Å²) in [6.07, 6.45) is 0.991. The Hall–Kier alpha value is -2.00. The number of hydrogen-bond donors (Lipinski definition) is 1. The molecule has 0 aliphatic carbocycles. The molecule has 1 heterocycles. The average Bonchev–Trinajstić information content (AvgIpc) is 2.60. The van der Waals surface area contributed by atoms with Crippen LogP contribution >= 0.6 is 0 Å². The molecule has 9 heteroatoms. The fourth-order valence-electron chi connectivity index (χ4n) is 2.59. The zero-order valence-corrected chi connectivity index (χ0v) is 14.7. The Kier molecular flexibility index (Phi) is 6.49. The molecule has 7 nitrogen and oxygen atoms in total. The molecule has 1 aromatic rings. The molecule has 0 bridgehead atoms. The van der Waals surface area contributed by atoms with Crippen molar-refractivity contribution in [3.8, 4) is 0 Å². The van der Waals surface area contributed by atoms with Crippen LogP contribution < -0.4 is 4.72 Å². The lowest BCUT2D eigenvalue weighted by Crippen LogP contribution is -2.45. The van der Waals surface area contributed by atoms with Crippen LogP contribution in [0.1, 0.15) is 19.8 Å². The molecule has 0 aromatic heterocycles. The molecule has 25 heavy (non-hydrogen) atoms. The number of likely N-dealkylation sites (tertiary alicyclic amines) is 1. The van der Waals surface area contributed by atoms with Crippen LogP contribution in [0, 0.1) is 11.7 Å². The zero-order chi connectivity index (χ0) is 18.4. The molecule has 2 rings (SSSR count). The van der Waals surface area contributed by atoms with Gasteiger partial charge in [-0.3, -0.25) is 9.59 Å². The van der Waals surface area contributed by atoms with E-state index in [0.717, 1.165) is 24.3 Å². The molecule has 138 valence electrons. The summed E-state index contributed by atoms with van der Waals surface area (Å²) in [5.74, 6) is -1.39. The fraction of sp³-hybridized carbons (Fsp3) is 0.500. The van der Waals surface area contributed by atoms with E-state index in [1.54, 1.807) is 6.92 Å². The normalized spacial score (nSPS) is 15.8. The smallest absolute Gasteiger partial charge is 0.309 e. The molecule has 1 aliphatic heterocycles. The highest BCUT2D eigenvalue weighted by Gasteiger charge is 2.28. The fourth-order valence-corrected chi connectivity index (χ4v) is 3.56. The van der Waals surface area contributed by atoms with Crippen LogP contribution in [0.5, 0.6) is 0 Å². The van der Waals surface area contributed by atoms with Gasteiger partial charge in [0.05, 0.1) is 24.0 Å². The van der Waals surface area contributed by atoms with E-state index in [0.29, 0.717) is 32.5 Å². The Morgan fingerprint density at radius 2 is 1.84 bits per heavy atom. The Balaban J connectivity index is 1.85. The van der Waals surface area contributed by atoms with Gasteiger partial charge in [-0.1, -0.05) is 0 Å². The van der Waals surface area contributed by atoms with E-state index in [9.17, 15) is 22.4 Å². The number of hydrogen-bond acceptors (Lipinski definition) is 5. The first-order valence-corrected chi connectivity index (χ1v) is 9.51. The summed E-state index contributed by atoms with van der Waals surface area (Å²) in [6, 6.07) is 4.34. The van der Waals surface area contributed by atoms with Crippen LogP contribution in [0.15, 0.2) is 29.2 Å². The second-order valence-corrected chi connectivity index (χ2v) is 7.45. The van der Waals surface area contributed by atoms with Crippen molar-refractivity contribution in [2.45, 2.75) is 24.7 Å². The minimum absolute atomic E-state index is 0.109. The number of esters is 1. The summed E-state index contributed by atoms with van der Waals surface area (Å²) >= 11 is 0.